The lowest BCUT2D eigenvalue weighted by atomic mass is 9.85. The van der Waals surface area contributed by atoms with Gasteiger partial charge in [0.25, 0.3) is 5.91 Å². The predicted molar refractivity (Wildman–Crippen MR) is 152 cm³/mol. The number of amides is 4. The third kappa shape index (κ3) is 6.00. The fourth-order valence-electron chi connectivity index (χ4n) is 5.01. The third-order valence-electron chi connectivity index (χ3n) is 6.53. The van der Waals surface area contributed by atoms with Crippen LogP contribution in [0.4, 0.5) is 16.2 Å². The van der Waals surface area contributed by atoms with Gasteiger partial charge in [0.2, 0.25) is 5.91 Å². The van der Waals surface area contributed by atoms with Crippen molar-refractivity contribution in [3.8, 4) is 0 Å². The van der Waals surface area contributed by atoms with Gasteiger partial charge >= 0.3 is 6.03 Å². The van der Waals surface area contributed by atoms with Crippen LogP contribution >= 0.6 is 11.6 Å². The van der Waals surface area contributed by atoms with Gasteiger partial charge in [0.1, 0.15) is 12.6 Å². The van der Waals surface area contributed by atoms with Gasteiger partial charge in [0, 0.05) is 27.9 Å². The molecule has 0 bridgehead atoms. The number of carbonyl (C=O) groups excluding carboxylic acids is 3. The van der Waals surface area contributed by atoms with Gasteiger partial charge in [0.05, 0.1) is 0 Å². The first kappa shape index (κ1) is 27.2. The second kappa shape index (κ2) is 10.9. The van der Waals surface area contributed by atoms with Crippen LogP contribution in [0.2, 0.25) is 5.02 Å². The van der Waals surface area contributed by atoms with Crippen LogP contribution in [-0.4, -0.2) is 36.0 Å². The van der Waals surface area contributed by atoms with Gasteiger partial charge in [-0.2, -0.15) is 0 Å². The van der Waals surface area contributed by atoms with Crippen molar-refractivity contribution >= 4 is 40.8 Å². The van der Waals surface area contributed by atoms with E-state index in [0.717, 1.165) is 16.7 Å². The average Bonchev–Trinajstić information content (AvgIpc) is 2.94. The molecule has 1 aliphatic rings. The van der Waals surface area contributed by atoms with E-state index in [1.165, 1.54) is 9.80 Å². The van der Waals surface area contributed by atoms with Gasteiger partial charge in [-0.1, -0.05) is 54.1 Å². The fourth-order valence-corrected chi connectivity index (χ4v) is 5.13. The van der Waals surface area contributed by atoms with Gasteiger partial charge in [-0.05, 0) is 81.1 Å². The molecule has 8 heteroatoms. The number of nitrogens with two attached hydrogens (primary N) is 1. The van der Waals surface area contributed by atoms with E-state index in [0.29, 0.717) is 16.4 Å². The Balaban J connectivity index is 1.88. The molecule has 1 heterocycles. The zero-order valence-electron chi connectivity index (χ0n) is 22.1. The Morgan fingerprint density at radius 3 is 2.37 bits per heavy atom. The van der Waals surface area contributed by atoms with Crippen molar-refractivity contribution < 1.29 is 14.4 Å². The summed E-state index contributed by atoms with van der Waals surface area (Å²) in [6.45, 7) is 7.36. The first-order chi connectivity index (χ1) is 17.9. The average molecular weight is 533 g/mol. The van der Waals surface area contributed by atoms with Crippen molar-refractivity contribution in [1.82, 2.24) is 5.32 Å². The van der Waals surface area contributed by atoms with Crippen LogP contribution in [0.1, 0.15) is 49.8 Å². The largest absolute Gasteiger partial charge is 0.351 e. The highest BCUT2D eigenvalue weighted by molar-refractivity contribution is 6.30. The number of halogens is 1. The van der Waals surface area contributed by atoms with Crippen molar-refractivity contribution in [1.29, 1.82) is 0 Å². The molecule has 0 aromatic heterocycles. The molecule has 4 amide bonds. The number of anilines is 2. The summed E-state index contributed by atoms with van der Waals surface area (Å²) in [6, 6.07) is 20.6. The van der Waals surface area contributed by atoms with Crippen molar-refractivity contribution in [2.24, 2.45) is 5.73 Å². The summed E-state index contributed by atoms with van der Waals surface area (Å²) in [5.41, 5.74) is 9.34. The number of nitrogens with zero attached hydrogens (tertiary/aromatic N) is 2. The molecular formula is C30H33ClN4O3. The quantitative estimate of drug-likeness (QED) is 0.461. The minimum atomic E-state index is -0.954. The highest BCUT2D eigenvalue weighted by atomic mass is 35.5. The second-order valence-corrected chi connectivity index (χ2v) is 11.1. The molecular weight excluding hydrogens is 500 g/mol. The van der Waals surface area contributed by atoms with Crippen LogP contribution in [0.15, 0.2) is 72.8 Å². The number of nitrogens with one attached hydrogen (secondary N) is 1. The molecule has 2 unspecified atom stereocenters. The molecule has 3 N–H and O–H groups in total. The summed E-state index contributed by atoms with van der Waals surface area (Å²) in [4.78, 5) is 43.2. The van der Waals surface area contributed by atoms with Gasteiger partial charge in [-0.3, -0.25) is 14.5 Å². The van der Waals surface area contributed by atoms with Crippen LogP contribution in [-0.2, 0) is 9.59 Å². The molecule has 0 aliphatic carbocycles. The first-order valence-electron chi connectivity index (χ1n) is 12.6. The molecule has 2 atom stereocenters. The summed E-state index contributed by atoms with van der Waals surface area (Å²) in [6.07, 6.45) is 0.270. The standard InChI is InChI=1S/C30H33ClN4O3/c1-19-8-7-9-22(16-19)35(29(32)38)26-17-24(20-12-14-21(31)15-13-20)23-10-5-6-11-25(23)34(28(26)37)18-27(36)33-30(2,3)4/h5-16,24,26H,17-18H2,1-4H3,(H2,32,38)(H,33,36). The maximum Gasteiger partial charge on any atom is 0.320 e. The normalized spacial score (nSPS) is 17.4. The lowest BCUT2D eigenvalue weighted by Crippen LogP contribution is -2.55. The van der Waals surface area contributed by atoms with Gasteiger partial charge in [-0.25, -0.2) is 4.79 Å². The summed E-state index contributed by atoms with van der Waals surface area (Å²) in [7, 11) is 0. The van der Waals surface area contributed by atoms with Gasteiger partial charge in [-0.15, -0.1) is 0 Å². The number of benzene rings is 3. The van der Waals surface area contributed by atoms with Gasteiger partial charge < -0.3 is 16.0 Å². The maximum atomic E-state index is 14.3. The molecule has 0 radical (unpaired) electrons. The van der Waals surface area contributed by atoms with Crippen LogP contribution in [0.5, 0.6) is 0 Å². The zero-order chi connectivity index (χ0) is 27.6. The third-order valence-corrected chi connectivity index (χ3v) is 6.78. The Hall–Kier alpha value is -3.84. The monoisotopic (exact) mass is 532 g/mol. The highest BCUT2D eigenvalue weighted by Crippen LogP contribution is 2.41. The minimum Gasteiger partial charge on any atom is -0.351 e. The molecule has 4 rings (SSSR count). The number of aryl methyl sites for hydroxylation is 1. The van der Waals surface area contributed by atoms with Crippen LogP contribution in [0.3, 0.4) is 0 Å². The smallest absolute Gasteiger partial charge is 0.320 e. The van der Waals surface area contributed by atoms with E-state index < -0.39 is 17.6 Å². The molecule has 3 aromatic rings. The number of carbonyl (C=O) groups is 3. The molecule has 0 spiro atoms. The lowest BCUT2D eigenvalue weighted by Gasteiger charge is -2.33. The van der Waals surface area contributed by atoms with Crippen LogP contribution in [0.25, 0.3) is 0 Å². The van der Waals surface area contributed by atoms with E-state index in [1.54, 1.807) is 6.07 Å². The van der Waals surface area contributed by atoms with E-state index in [9.17, 15) is 14.4 Å². The first-order valence-corrected chi connectivity index (χ1v) is 12.9. The number of hydrogen-bond donors (Lipinski definition) is 2. The van der Waals surface area contributed by atoms with E-state index in [2.05, 4.69) is 5.32 Å². The van der Waals surface area contributed by atoms with E-state index in [4.69, 9.17) is 17.3 Å². The fraction of sp³-hybridized carbons (Fsp3) is 0.300. The molecule has 0 fully saturated rings. The number of primary amides is 1. The van der Waals surface area contributed by atoms with Crippen molar-refractivity contribution in [2.45, 2.75) is 51.6 Å². The van der Waals surface area contributed by atoms with Crippen LogP contribution < -0.4 is 20.9 Å². The Bertz CT molecular complexity index is 1350. The number of rotatable bonds is 5. The SMILES string of the molecule is Cc1cccc(N(C(N)=O)C2CC(c3ccc(Cl)cc3)c3ccccc3N(CC(=O)NC(C)(C)C)C2=O)c1. The molecule has 198 valence electrons. The van der Waals surface area contributed by atoms with E-state index in [1.807, 2.05) is 94.4 Å². The van der Waals surface area contributed by atoms with Crippen LogP contribution in [0, 0.1) is 6.92 Å². The summed E-state index contributed by atoms with van der Waals surface area (Å²) in [5, 5.41) is 3.54. The maximum absolute atomic E-state index is 14.3. The molecule has 0 saturated carbocycles. The molecule has 1 aliphatic heterocycles. The summed E-state index contributed by atoms with van der Waals surface area (Å²) in [5.74, 6) is -0.941. The van der Waals surface area contributed by atoms with Crippen molar-refractivity contribution in [3.63, 3.8) is 0 Å². The zero-order valence-corrected chi connectivity index (χ0v) is 22.8. The summed E-state index contributed by atoms with van der Waals surface area (Å²) >= 11 is 6.18. The van der Waals surface area contributed by atoms with E-state index in [-0.39, 0.29) is 30.7 Å². The van der Waals surface area contributed by atoms with E-state index >= 15 is 0 Å². The number of para-hydroxylation sites is 1. The molecule has 0 saturated heterocycles. The number of hydrogen-bond acceptors (Lipinski definition) is 3. The number of urea groups is 1. The number of fused-ring (bicyclic) bond motifs is 1. The lowest BCUT2D eigenvalue weighted by molar-refractivity contribution is -0.125. The Morgan fingerprint density at radius 2 is 1.74 bits per heavy atom. The summed E-state index contributed by atoms with van der Waals surface area (Å²) < 4.78 is 0. The minimum absolute atomic E-state index is 0.197. The highest BCUT2D eigenvalue weighted by Gasteiger charge is 2.41. The second-order valence-electron chi connectivity index (χ2n) is 10.7. The van der Waals surface area contributed by atoms with Crippen molar-refractivity contribution in [2.75, 3.05) is 16.3 Å². The predicted octanol–water partition coefficient (Wildman–Crippen LogP) is 5.39. The molecule has 7 nitrogen and oxygen atoms in total. The van der Waals surface area contributed by atoms with Crippen molar-refractivity contribution in [3.05, 3.63) is 94.5 Å². The molecule has 38 heavy (non-hydrogen) atoms. The Kier molecular flexibility index (Phi) is 7.78. The topological polar surface area (TPSA) is 95.7 Å². The Morgan fingerprint density at radius 1 is 1.05 bits per heavy atom. The Labute approximate surface area is 228 Å². The van der Waals surface area contributed by atoms with Gasteiger partial charge in [0.15, 0.2) is 0 Å². The molecule has 3 aromatic carbocycles.